The highest BCUT2D eigenvalue weighted by atomic mass is 28.4. The molecule has 0 radical (unpaired) electrons. The number of fused-ring (bicyclic) bond motifs is 1. The van der Waals surface area contributed by atoms with Crippen molar-refractivity contribution in [2.24, 2.45) is 16.1 Å². The number of esters is 1. The fourth-order valence-electron chi connectivity index (χ4n) is 3.75. The predicted molar refractivity (Wildman–Crippen MR) is 81.5 cm³/mol. The lowest BCUT2D eigenvalue weighted by Crippen LogP contribution is -2.58. The van der Waals surface area contributed by atoms with Gasteiger partial charge in [-0.25, -0.2) is 4.79 Å². The van der Waals surface area contributed by atoms with E-state index in [0.717, 1.165) is 5.33 Å². The summed E-state index contributed by atoms with van der Waals surface area (Å²) in [6, 6.07) is 0. The average Bonchev–Trinajstić information content (AvgIpc) is 2.83. The molecule has 0 spiro atoms. The van der Waals surface area contributed by atoms with E-state index in [4.69, 9.17) is 9.16 Å². The Morgan fingerprint density at radius 2 is 1.75 bits per heavy atom. The second kappa shape index (κ2) is 4.49. The van der Waals surface area contributed by atoms with E-state index >= 15 is 0 Å². The van der Waals surface area contributed by atoms with Gasteiger partial charge in [0.1, 0.15) is 0 Å². The van der Waals surface area contributed by atoms with Gasteiger partial charge in [0, 0.05) is 6.61 Å². The zero-order valence-electron chi connectivity index (χ0n) is 13.4. The van der Waals surface area contributed by atoms with E-state index in [0.29, 0.717) is 12.3 Å². The van der Waals surface area contributed by atoms with Gasteiger partial charge >= 0.3 is 5.97 Å². The first-order valence-electron chi connectivity index (χ1n) is 6.94. The van der Waals surface area contributed by atoms with Gasteiger partial charge in [-0.05, 0) is 10.1 Å². The monoisotopic (exact) mass is 296 g/mol. The Morgan fingerprint density at radius 1 is 1.20 bits per heavy atom. The second-order valence-corrected chi connectivity index (χ2v) is 12.7. The van der Waals surface area contributed by atoms with Gasteiger partial charge in [-0.15, -0.1) is 5.10 Å². The summed E-state index contributed by atoms with van der Waals surface area (Å²) >= 11 is 0. The normalized spacial score (nSPS) is 25.1. The Balaban J connectivity index is 2.46. The summed E-state index contributed by atoms with van der Waals surface area (Å²) < 4.78 is 11.2. The van der Waals surface area contributed by atoms with Crippen molar-refractivity contribution in [3.63, 3.8) is 0 Å². The third-order valence-corrected chi connectivity index (χ3v) is 10.3. The standard InChI is InChI=1S/C14H24N2O3Si/c1-13(2,3)20(14(4,5)6)11-9(8-19-20)10(15-16-11)12(17)18-7/h9H,8H2,1-7H3. The van der Waals surface area contributed by atoms with Crippen molar-refractivity contribution < 1.29 is 14.0 Å². The molecule has 112 valence electrons. The van der Waals surface area contributed by atoms with Crippen LogP contribution < -0.4 is 0 Å². The minimum atomic E-state index is -2.34. The minimum absolute atomic E-state index is 0.0140. The second-order valence-electron chi connectivity index (χ2n) is 7.51. The molecule has 5 nitrogen and oxygen atoms in total. The number of nitrogens with zero attached hydrogens (tertiary/aromatic N) is 2. The lowest BCUT2D eigenvalue weighted by atomic mass is 10.1. The number of rotatable bonds is 1. The summed E-state index contributed by atoms with van der Waals surface area (Å²) in [6.45, 7) is 13.7. The van der Waals surface area contributed by atoms with Crippen LogP contribution in [0.15, 0.2) is 10.2 Å². The Kier molecular flexibility index (Phi) is 3.45. The molecule has 0 aromatic rings. The Labute approximate surface area is 121 Å². The van der Waals surface area contributed by atoms with Crippen molar-refractivity contribution >= 4 is 25.3 Å². The number of hydrogen-bond donors (Lipinski definition) is 0. The molecule has 0 aliphatic carbocycles. The number of carbonyl (C=O) groups is 1. The highest BCUT2D eigenvalue weighted by molar-refractivity contribution is 7.08. The third kappa shape index (κ3) is 1.89. The van der Waals surface area contributed by atoms with Crippen molar-refractivity contribution in [1.82, 2.24) is 0 Å². The smallest absolute Gasteiger partial charge is 0.355 e. The summed E-state index contributed by atoms with van der Waals surface area (Å²) in [7, 11) is -0.966. The van der Waals surface area contributed by atoms with Crippen LogP contribution in [0.5, 0.6) is 0 Å². The van der Waals surface area contributed by atoms with Gasteiger partial charge in [-0.1, -0.05) is 41.5 Å². The topological polar surface area (TPSA) is 60.2 Å². The zero-order chi connectivity index (χ0) is 15.3. The molecule has 0 N–H and O–H groups in total. The molecule has 1 unspecified atom stereocenters. The van der Waals surface area contributed by atoms with E-state index in [9.17, 15) is 4.79 Å². The molecule has 1 atom stereocenters. The van der Waals surface area contributed by atoms with Gasteiger partial charge in [0.05, 0.1) is 18.4 Å². The van der Waals surface area contributed by atoms with Crippen molar-refractivity contribution in [2.45, 2.75) is 51.6 Å². The van der Waals surface area contributed by atoms with Crippen molar-refractivity contribution in [3.05, 3.63) is 0 Å². The van der Waals surface area contributed by atoms with E-state index in [-0.39, 0.29) is 16.0 Å². The lowest BCUT2D eigenvalue weighted by molar-refractivity contribution is -0.132. The van der Waals surface area contributed by atoms with Crippen LogP contribution in [0.4, 0.5) is 0 Å². The van der Waals surface area contributed by atoms with Crippen LogP contribution >= 0.6 is 0 Å². The minimum Gasteiger partial charge on any atom is -0.464 e. The molecule has 0 amide bonds. The molecular formula is C14H24N2O3Si. The summed E-state index contributed by atoms with van der Waals surface area (Å²) in [5.41, 5.74) is 0.394. The van der Waals surface area contributed by atoms with Crippen LogP contribution in [0.2, 0.25) is 10.1 Å². The molecule has 2 aliphatic heterocycles. The molecule has 0 aromatic carbocycles. The zero-order valence-corrected chi connectivity index (χ0v) is 14.4. The van der Waals surface area contributed by atoms with E-state index < -0.39 is 14.3 Å². The van der Waals surface area contributed by atoms with E-state index in [1.807, 2.05) is 0 Å². The fraction of sp³-hybridized carbons (Fsp3) is 0.786. The molecular weight excluding hydrogens is 272 g/mol. The molecule has 6 heteroatoms. The Morgan fingerprint density at radius 3 is 2.20 bits per heavy atom. The predicted octanol–water partition coefficient (Wildman–Crippen LogP) is 2.70. The molecule has 0 saturated carbocycles. The van der Waals surface area contributed by atoms with Crippen LogP contribution in [0.1, 0.15) is 41.5 Å². The maximum atomic E-state index is 11.8. The maximum Gasteiger partial charge on any atom is 0.355 e. The molecule has 20 heavy (non-hydrogen) atoms. The number of hydrogen-bond acceptors (Lipinski definition) is 5. The van der Waals surface area contributed by atoms with Crippen molar-refractivity contribution in [2.75, 3.05) is 13.7 Å². The summed E-state index contributed by atoms with van der Waals surface area (Å²) in [4.78, 5) is 11.8. The first kappa shape index (κ1) is 15.4. The van der Waals surface area contributed by atoms with Gasteiger partial charge in [0.2, 0.25) is 0 Å². The molecule has 1 saturated heterocycles. The Bertz CT molecular complexity index is 484. The van der Waals surface area contributed by atoms with Crippen LogP contribution in [0, 0.1) is 5.92 Å². The lowest BCUT2D eigenvalue weighted by Gasteiger charge is -2.47. The number of carbonyl (C=O) groups excluding carboxylic acids is 1. The van der Waals surface area contributed by atoms with E-state index in [1.54, 1.807) is 0 Å². The van der Waals surface area contributed by atoms with Gasteiger partial charge in [-0.2, -0.15) is 5.10 Å². The highest BCUT2D eigenvalue weighted by Crippen LogP contribution is 2.56. The van der Waals surface area contributed by atoms with E-state index in [2.05, 4.69) is 51.7 Å². The van der Waals surface area contributed by atoms with Gasteiger partial charge in [0.15, 0.2) is 5.71 Å². The first-order chi connectivity index (χ1) is 9.06. The quantitative estimate of drug-likeness (QED) is 0.552. The summed E-state index contributed by atoms with van der Waals surface area (Å²) in [6.07, 6.45) is 0. The Hall–Kier alpha value is -1.01. The largest absolute Gasteiger partial charge is 0.464 e. The SMILES string of the molecule is COC(=O)C1=NN=C2C1CO[Si]2(C(C)(C)C)C(C)(C)C. The van der Waals surface area contributed by atoms with Gasteiger partial charge in [-0.3, -0.25) is 0 Å². The van der Waals surface area contributed by atoms with Gasteiger partial charge < -0.3 is 9.16 Å². The number of ether oxygens (including phenoxy) is 1. The highest BCUT2D eigenvalue weighted by Gasteiger charge is 2.66. The first-order valence-corrected chi connectivity index (χ1v) is 8.85. The van der Waals surface area contributed by atoms with Crippen LogP contribution in [-0.4, -0.2) is 39.1 Å². The van der Waals surface area contributed by atoms with Crippen molar-refractivity contribution in [3.8, 4) is 0 Å². The fourth-order valence-corrected chi connectivity index (χ4v) is 9.87. The van der Waals surface area contributed by atoms with Crippen LogP contribution in [0.3, 0.4) is 0 Å². The molecule has 2 heterocycles. The number of methoxy groups -OCH3 is 1. The third-order valence-electron chi connectivity index (χ3n) is 4.26. The van der Waals surface area contributed by atoms with Crippen LogP contribution in [0.25, 0.3) is 0 Å². The van der Waals surface area contributed by atoms with Crippen molar-refractivity contribution in [1.29, 1.82) is 0 Å². The summed E-state index contributed by atoms with van der Waals surface area (Å²) in [5, 5.41) is 9.44. The molecule has 2 rings (SSSR count). The molecule has 1 fully saturated rings. The average molecular weight is 296 g/mol. The molecule has 0 bridgehead atoms. The maximum absolute atomic E-state index is 11.8. The van der Waals surface area contributed by atoms with E-state index in [1.165, 1.54) is 7.11 Å². The summed E-state index contributed by atoms with van der Waals surface area (Å²) in [5.74, 6) is -0.516. The molecule has 0 aromatic heterocycles. The molecule has 2 aliphatic rings. The van der Waals surface area contributed by atoms with Crippen LogP contribution in [-0.2, 0) is 14.0 Å². The van der Waals surface area contributed by atoms with Gasteiger partial charge in [0.25, 0.3) is 8.32 Å².